The lowest BCUT2D eigenvalue weighted by Gasteiger charge is -2.40. The summed E-state index contributed by atoms with van der Waals surface area (Å²) in [7, 11) is 0. The van der Waals surface area contributed by atoms with E-state index in [1.807, 2.05) is 23.1 Å². The van der Waals surface area contributed by atoms with E-state index in [2.05, 4.69) is 240 Å². The molecule has 2 aliphatic rings. The van der Waals surface area contributed by atoms with E-state index in [9.17, 15) is 0 Å². The molecule has 13 rings (SSSR count). The van der Waals surface area contributed by atoms with E-state index >= 15 is 0 Å². The molecule has 1 aliphatic carbocycles. The molecule has 0 bridgehead atoms. The van der Waals surface area contributed by atoms with Gasteiger partial charge in [-0.1, -0.05) is 163 Å². The molecule has 0 unspecified atom stereocenters. The normalized spacial score (nSPS) is 13.1. The van der Waals surface area contributed by atoms with E-state index in [1.54, 1.807) is 0 Å². The van der Waals surface area contributed by atoms with Gasteiger partial charge in [0.1, 0.15) is 0 Å². The number of thiophene rings is 1. The van der Waals surface area contributed by atoms with Crippen LogP contribution in [0.3, 0.4) is 0 Å². The van der Waals surface area contributed by atoms with Crippen molar-refractivity contribution in [1.82, 2.24) is 0 Å². The van der Waals surface area contributed by atoms with Crippen LogP contribution in [0.5, 0.6) is 0 Å². The predicted molar refractivity (Wildman–Crippen MR) is 268 cm³/mol. The number of hydrogen-bond acceptors (Lipinski definition) is 4. The van der Waals surface area contributed by atoms with E-state index < -0.39 is 5.41 Å². The molecule has 63 heavy (non-hydrogen) atoms. The standard InChI is InChI=1S/C59H38N2S2/c1-4-18-39(19-5-1)60(40-20-6-2-7-21-40)42-32-34-45-46-35-33-43(37-57(46)63-56(45)36-42)61(41-22-8-3-9-23-41)53-38-52-58(47-25-11-10-24-44(47)53)48-26-12-13-27-49(48)59(52)50-28-14-16-30-54(50)62-55-31-17-15-29-51(55)59/h1-38H. The van der Waals surface area contributed by atoms with Crippen LogP contribution in [0.2, 0.25) is 0 Å². The molecular weight excluding hydrogens is 801 g/mol. The van der Waals surface area contributed by atoms with E-state index in [4.69, 9.17) is 0 Å². The fraction of sp³-hybridized carbons (Fsp3) is 0.0169. The zero-order chi connectivity index (χ0) is 41.5. The molecule has 1 spiro atoms. The van der Waals surface area contributed by atoms with Crippen LogP contribution in [-0.4, -0.2) is 0 Å². The Morgan fingerprint density at radius 1 is 0.317 bits per heavy atom. The third-order valence-electron chi connectivity index (χ3n) is 13.1. The Kier molecular flexibility index (Phi) is 8.27. The van der Waals surface area contributed by atoms with Crippen LogP contribution in [0.1, 0.15) is 22.3 Å². The van der Waals surface area contributed by atoms with Crippen molar-refractivity contribution in [3.63, 3.8) is 0 Å². The summed E-state index contributed by atoms with van der Waals surface area (Å²) in [6.45, 7) is 0. The van der Waals surface area contributed by atoms with E-state index in [0.717, 1.165) is 28.4 Å². The quantitative estimate of drug-likeness (QED) is 0.165. The van der Waals surface area contributed by atoms with Crippen LogP contribution >= 0.6 is 23.1 Å². The van der Waals surface area contributed by atoms with Gasteiger partial charge < -0.3 is 9.80 Å². The van der Waals surface area contributed by atoms with Crippen LogP contribution in [0, 0.1) is 0 Å². The molecule has 10 aromatic carbocycles. The third-order valence-corrected chi connectivity index (χ3v) is 15.3. The molecule has 0 amide bonds. The molecule has 0 saturated carbocycles. The Bertz CT molecular complexity index is 3480. The van der Waals surface area contributed by atoms with Gasteiger partial charge >= 0.3 is 0 Å². The number of nitrogens with zero attached hydrogens (tertiary/aromatic N) is 2. The van der Waals surface area contributed by atoms with Gasteiger partial charge in [-0.25, -0.2) is 0 Å². The van der Waals surface area contributed by atoms with Crippen LogP contribution < -0.4 is 9.80 Å². The maximum Gasteiger partial charge on any atom is 0.0736 e. The highest BCUT2D eigenvalue weighted by Gasteiger charge is 2.51. The van der Waals surface area contributed by atoms with Gasteiger partial charge in [-0.05, 0) is 118 Å². The minimum Gasteiger partial charge on any atom is -0.310 e. The largest absolute Gasteiger partial charge is 0.310 e. The molecule has 0 N–H and O–H groups in total. The summed E-state index contributed by atoms with van der Waals surface area (Å²) in [5.74, 6) is 0. The maximum absolute atomic E-state index is 2.54. The van der Waals surface area contributed by atoms with Gasteiger partial charge in [0.15, 0.2) is 0 Å². The second kappa shape index (κ2) is 14.4. The van der Waals surface area contributed by atoms with Crippen molar-refractivity contribution in [2.24, 2.45) is 0 Å². The highest BCUT2D eigenvalue weighted by atomic mass is 32.2. The second-order valence-electron chi connectivity index (χ2n) is 16.4. The first-order chi connectivity index (χ1) is 31.3. The minimum atomic E-state index is -0.494. The number of benzene rings is 10. The summed E-state index contributed by atoms with van der Waals surface area (Å²) in [6.07, 6.45) is 0. The smallest absolute Gasteiger partial charge is 0.0736 e. The number of hydrogen-bond donors (Lipinski definition) is 0. The molecule has 1 aromatic heterocycles. The highest BCUT2D eigenvalue weighted by molar-refractivity contribution is 7.99. The topological polar surface area (TPSA) is 6.48 Å². The summed E-state index contributed by atoms with van der Waals surface area (Å²) >= 11 is 3.76. The number of para-hydroxylation sites is 3. The van der Waals surface area contributed by atoms with Crippen molar-refractivity contribution in [2.45, 2.75) is 15.2 Å². The monoisotopic (exact) mass is 838 g/mol. The van der Waals surface area contributed by atoms with Crippen molar-refractivity contribution < 1.29 is 0 Å². The molecule has 0 atom stereocenters. The lowest BCUT2D eigenvalue weighted by Crippen LogP contribution is -2.32. The van der Waals surface area contributed by atoms with Gasteiger partial charge in [0, 0.05) is 63.8 Å². The van der Waals surface area contributed by atoms with Crippen molar-refractivity contribution in [3.05, 3.63) is 253 Å². The van der Waals surface area contributed by atoms with Gasteiger partial charge in [-0.15, -0.1) is 11.3 Å². The molecular formula is C59H38N2S2. The van der Waals surface area contributed by atoms with Crippen molar-refractivity contribution in [1.29, 1.82) is 0 Å². The van der Waals surface area contributed by atoms with Gasteiger partial charge in [0.05, 0.1) is 11.1 Å². The number of rotatable bonds is 6. The molecule has 2 heterocycles. The lowest BCUT2D eigenvalue weighted by molar-refractivity contribution is 0.723. The first-order valence-corrected chi connectivity index (χ1v) is 23.1. The Morgan fingerprint density at radius 2 is 0.778 bits per heavy atom. The molecule has 296 valence electrons. The second-order valence-corrected chi connectivity index (χ2v) is 18.6. The Morgan fingerprint density at radius 3 is 1.37 bits per heavy atom. The summed E-state index contributed by atoms with van der Waals surface area (Å²) in [6, 6.07) is 85.2. The lowest BCUT2D eigenvalue weighted by atomic mass is 9.67. The average Bonchev–Trinajstić information content (AvgIpc) is 3.86. The third kappa shape index (κ3) is 5.45. The molecule has 11 aromatic rings. The zero-order valence-electron chi connectivity index (χ0n) is 34.2. The summed E-state index contributed by atoms with van der Waals surface area (Å²) in [5.41, 5.74) is 14.3. The predicted octanol–water partition coefficient (Wildman–Crippen LogP) is 17.0. The van der Waals surface area contributed by atoms with Crippen LogP contribution in [0.25, 0.3) is 42.1 Å². The van der Waals surface area contributed by atoms with Crippen LogP contribution in [-0.2, 0) is 5.41 Å². The van der Waals surface area contributed by atoms with Gasteiger partial charge in [-0.2, -0.15) is 0 Å². The Balaban J connectivity index is 1.04. The van der Waals surface area contributed by atoms with E-state index in [1.165, 1.54) is 79.8 Å². The number of fused-ring (bicyclic) bond motifs is 14. The van der Waals surface area contributed by atoms with Gasteiger partial charge in [-0.3, -0.25) is 0 Å². The zero-order valence-corrected chi connectivity index (χ0v) is 35.8. The average molecular weight is 839 g/mol. The molecule has 2 nitrogen and oxygen atoms in total. The first kappa shape index (κ1) is 36.3. The van der Waals surface area contributed by atoms with Gasteiger partial charge in [0.2, 0.25) is 0 Å². The van der Waals surface area contributed by atoms with Crippen LogP contribution in [0.15, 0.2) is 240 Å². The molecule has 0 saturated heterocycles. The van der Waals surface area contributed by atoms with Crippen LogP contribution in [0.4, 0.5) is 34.1 Å². The number of anilines is 6. The maximum atomic E-state index is 2.54. The van der Waals surface area contributed by atoms with Crippen molar-refractivity contribution >= 4 is 88.2 Å². The fourth-order valence-electron chi connectivity index (χ4n) is 10.5. The van der Waals surface area contributed by atoms with Gasteiger partial charge in [0.25, 0.3) is 0 Å². The Hall–Kier alpha value is -7.37. The molecule has 4 heteroatoms. The van der Waals surface area contributed by atoms with E-state index in [0.29, 0.717) is 0 Å². The highest BCUT2D eigenvalue weighted by Crippen LogP contribution is 2.64. The van der Waals surface area contributed by atoms with Crippen molar-refractivity contribution in [3.8, 4) is 11.1 Å². The minimum absolute atomic E-state index is 0.494. The Labute approximate surface area is 375 Å². The SMILES string of the molecule is c1ccc(N(c2ccccc2)c2ccc3c(c2)sc2cc(N(c4ccccc4)c4cc5c(c6ccccc46)-c4ccccc4C54c5ccccc5Sc5ccccc54)ccc23)cc1. The summed E-state index contributed by atoms with van der Waals surface area (Å²) in [5, 5.41) is 5.03. The summed E-state index contributed by atoms with van der Waals surface area (Å²) < 4.78 is 2.52. The van der Waals surface area contributed by atoms with Crippen molar-refractivity contribution in [2.75, 3.05) is 9.80 Å². The molecule has 0 fully saturated rings. The van der Waals surface area contributed by atoms with E-state index in [-0.39, 0.29) is 0 Å². The fourth-order valence-corrected chi connectivity index (χ4v) is 12.9. The molecule has 0 radical (unpaired) electrons. The first-order valence-electron chi connectivity index (χ1n) is 21.5. The molecule has 1 aliphatic heterocycles. The summed E-state index contributed by atoms with van der Waals surface area (Å²) in [4.78, 5) is 7.46.